The molecule has 1 heterocycles. The normalized spacial score (nSPS) is 11.1. The highest BCUT2D eigenvalue weighted by Gasteiger charge is 2.04. The monoisotopic (exact) mass is 519 g/mol. The molecule has 2 aromatic carbocycles. The van der Waals surface area contributed by atoms with E-state index in [-0.39, 0.29) is 29.9 Å². The molecule has 3 aromatic rings. The van der Waals surface area contributed by atoms with Gasteiger partial charge in [0.25, 0.3) is 5.91 Å². The number of hydrogen-bond donors (Lipinski definition) is 3. The van der Waals surface area contributed by atoms with Crippen LogP contribution in [0.1, 0.15) is 29.3 Å². The number of aliphatic imine (C=N–C) groups is 1. The number of carbonyl (C=O) groups is 1. The predicted octanol–water partition coefficient (Wildman–Crippen LogP) is 3.76. The van der Waals surface area contributed by atoms with E-state index in [0.29, 0.717) is 18.7 Å². The molecule has 3 rings (SSSR count). The molecule has 160 valence electrons. The van der Waals surface area contributed by atoms with Gasteiger partial charge in [-0.1, -0.05) is 30.3 Å². The van der Waals surface area contributed by atoms with Crippen LogP contribution < -0.4 is 16.0 Å². The lowest BCUT2D eigenvalue weighted by Gasteiger charge is -2.13. The third kappa shape index (κ3) is 6.48. The van der Waals surface area contributed by atoms with Gasteiger partial charge in [0.2, 0.25) is 0 Å². The minimum absolute atomic E-state index is 0. The third-order valence-corrected chi connectivity index (χ3v) is 4.79. The van der Waals surface area contributed by atoms with Gasteiger partial charge < -0.3 is 20.5 Å². The number of aryl methyl sites for hydroxylation is 1. The van der Waals surface area contributed by atoms with Crippen LogP contribution in [-0.2, 0) is 13.1 Å². The van der Waals surface area contributed by atoms with Crippen molar-refractivity contribution in [2.24, 2.45) is 4.99 Å². The number of fused-ring (bicyclic) bond motifs is 1. The zero-order valence-corrected chi connectivity index (χ0v) is 19.9. The van der Waals surface area contributed by atoms with Crippen LogP contribution in [-0.4, -0.2) is 36.6 Å². The molecular formula is C23H30IN5O. The summed E-state index contributed by atoms with van der Waals surface area (Å²) < 4.78 is 2.28. The topological polar surface area (TPSA) is 70.4 Å². The van der Waals surface area contributed by atoms with Crippen LogP contribution in [0.2, 0.25) is 0 Å². The first kappa shape index (κ1) is 23.7. The Hall–Kier alpha value is -2.55. The first-order valence-electron chi connectivity index (χ1n) is 10.1. The second kappa shape index (κ2) is 12.2. The molecule has 0 aliphatic heterocycles. The fraction of sp³-hybridized carbons (Fsp3) is 0.304. The molecule has 0 radical (unpaired) electrons. The standard InChI is InChI=1S/C23H29N5O.HI/c1-3-25-22(29)20-11-9-18(10-12-20)17-27-23(24-2)26-14-6-15-28-16-13-19-7-4-5-8-21(19)28;/h4-5,7-13,16H,3,6,14-15,17H2,1-2H3,(H,25,29)(H2,24,26,27);1H. The summed E-state index contributed by atoms with van der Waals surface area (Å²) in [5.41, 5.74) is 3.04. The maximum atomic E-state index is 11.8. The van der Waals surface area contributed by atoms with Gasteiger partial charge in [0.1, 0.15) is 0 Å². The van der Waals surface area contributed by atoms with Gasteiger partial charge in [-0.15, -0.1) is 24.0 Å². The molecular weight excluding hydrogens is 489 g/mol. The summed E-state index contributed by atoms with van der Waals surface area (Å²) in [6, 6.07) is 18.2. The number of aromatic nitrogens is 1. The Labute approximate surface area is 195 Å². The average molecular weight is 519 g/mol. The molecule has 3 N–H and O–H groups in total. The Kier molecular flexibility index (Phi) is 9.66. The molecule has 0 aliphatic rings. The zero-order valence-electron chi connectivity index (χ0n) is 17.5. The number of nitrogens with zero attached hydrogens (tertiary/aromatic N) is 2. The summed E-state index contributed by atoms with van der Waals surface area (Å²) >= 11 is 0. The van der Waals surface area contributed by atoms with E-state index in [1.54, 1.807) is 7.05 Å². The van der Waals surface area contributed by atoms with Gasteiger partial charge in [-0.25, -0.2) is 0 Å². The smallest absolute Gasteiger partial charge is 0.251 e. The average Bonchev–Trinajstić information content (AvgIpc) is 3.17. The summed E-state index contributed by atoms with van der Waals surface area (Å²) in [5, 5.41) is 10.8. The molecule has 0 bridgehead atoms. The van der Waals surface area contributed by atoms with Gasteiger partial charge in [-0.3, -0.25) is 9.79 Å². The first-order chi connectivity index (χ1) is 14.2. The summed E-state index contributed by atoms with van der Waals surface area (Å²) in [6.07, 6.45) is 3.14. The van der Waals surface area contributed by atoms with Crippen molar-refractivity contribution in [1.82, 2.24) is 20.5 Å². The van der Waals surface area contributed by atoms with E-state index < -0.39 is 0 Å². The second-order valence-electron chi connectivity index (χ2n) is 6.83. The highest BCUT2D eigenvalue weighted by molar-refractivity contribution is 14.0. The lowest BCUT2D eigenvalue weighted by molar-refractivity contribution is 0.0956. The molecule has 0 saturated carbocycles. The molecule has 30 heavy (non-hydrogen) atoms. The number of guanidine groups is 1. The van der Waals surface area contributed by atoms with E-state index in [4.69, 9.17) is 0 Å². The maximum Gasteiger partial charge on any atom is 0.251 e. The van der Waals surface area contributed by atoms with E-state index in [0.717, 1.165) is 31.0 Å². The number of amides is 1. The van der Waals surface area contributed by atoms with Crippen LogP contribution in [0.25, 0.3) is 10.9 Å². The minimum atomic E-state index is -0.0417. The lowest BCUT2D eigenvalue weighted by atomic mass is 10.1. The largest absolute Gasteiger partial charge is 0.356 e. The number of nitrogens with one attached hydrogen (secondary N) is 3. The Bertz CT molecular complexity index is 965. The van der Waals surface area contributed by atoms with E-state index in [2.05, 4.69) is 62.0 Å². The molecule has 0 aliphatic carbocycles. The summed E-state index contributed by atoms with van der Waals surface area (Å²) in [6.45, 7) is 4.99. The lowest BCUT2D eigenvalue weighted by Crippen LogP contribution is -2.37. The van der Waals surface area contributed by atoms with Gasteiger partial charge in [0.15, 0.2) is 5.96 Å². The quantitative estimate of drug-likeness (QED) is 0.184. The number of hydrogen-bond acceptors (Lipinski definition) is 2. The van der Waals surface area contributed by atoms with Crippen LogP contribution in [0.15, 0.2) is 65.8 Å². The maximum absolute atomic E-state index is 11.8. The van der Waals surface area contributed by atoms with Crippen LogP contribution in [0.4, 0.5) is 0 Å². The Balaban J connectivity index is 0.00000320. The van der Waals surface area contributed by atoms with Gasteiger partial charge in [-0.05, 0) is 48.6 Å². The van der Waals surface area contributed by atoms with Crippen molar-refractivity contribution in [3.63, 3.8) is 0 Å². The SMILES string of the molecule is CCNC(=O)c1ccc(CNC(=NC)NCCCn2ccc3ccccc32)cc1.I. The minimum Gasteiger partial charge on any atom is -0.356 e. The predicted molar refractivity (Wildman–Crippen MR) is 135 cm³/mol. The highest BCUT2D eigenvalue weighted by Crippen LogP contribution is 2.15. The van der Waals surface area contributed by atoms with E-state index >= 15 is 0 Å². The summed E-state index contributed by atoms with van der Waals surface area (Å²) in [5.74, 6) is 0.732. The van der Waals surface area contributed by atoms with Crippen molar-refractivity contribution in [3.8, 4) is 0 Å². The van der Waals surface area contributed by atoms with Crippen LogP contribution in [0.5, 0.6) is 0 Å². The van der Waals surface area contributed by atoms with Crippen molar-refractivity contribution in [1.29, 1.82) is 0 Å². The van der Waals surface area contributed by atoms with Gasteiger partial charge in [0, 0.05) is 50.5 Å². The van der Waals surface area contributed by atoms with E-state index in [9.17, 15) is 4.79 Å². The molecule has 7 heteroatoms. The number of halogens is 1. The summed E-state index contributed by atoms with van der Waals surface area (Å²) in [4.78, 5) is 16.1. The summed E-state index contributed by atoms with van der Waals surface area (Å²) in [7, 11) is 1.77. The third-order valence-electron chi connectivity index (χ3n) is 4.79. The van der Waals surface area contributed by atoms with Crippen LogP contribution in [0, 0.1) is 0 Å². The zero-order chi connectivity index (χ0) is 20.5. The molecule has 0 atom stereocenters. The van der Waals surface area contributed by atoms with Crippen molar-refractivity contribution in [3.05, 3.63) is 71.9 Å². The Morgan fingerprint density at radius 2 is 1.77 bits per heavy atom. The fourth-order valence-corrected chi connectivity index (χ4v) is 3.23. The molecule has 6 nitrogen and oxygen atoms in total. The van der Waals surface area contributed by atoms with Crippen molar-refractivity contribution >= 4 is 46.7 Å². The number of benzene rings is 2. The molecule has 0 fully saturated rings. The van der Waals surface area contributed by atoms with Crippen LogP contribution in [0.3, 0.4) is 0 Å². The second-order valence-corrected chi connectivity index (χ2v) is 6.83. The van der Waals surface area contributed by atoms with Crippen molar-refractivity contribution in [2.45, 2.75) is 26.4 Å². The molecule has 0 unspecified atom stereocenters. The van der Waals surface area contributed by atoms with Crippen molar-refractivity contribution < 1.29 is 4.79 Å². The molecule has 1 aromatic heterocycles. The number of carbonyl (C=O) groups excluding carboxylic acids is 1. The van der Waals surface area contributed by atoms with Gasteiger partial charge in [0.05, 0.1) is 0 Å². The number of rotatable bonds is 8. The van der Waals surface area contributed by atoms with Gasteiger partial charge in [-0.2, -0.15) is 0 Å². The van der Waals surface area contributed by atoms with Crippen molar-refractivity contribution in [2.75, 3.05) is 20.1 Å². The van der Waals surface area contributed by atoms with E-state index in [1.165, 1.54) is 10.9 Å². The molecule has 0 saturated heterocycles. The van der Waals surface area contributed by atoms with Crippen LogP contribution >= 0.6 is 24.0 Å². The Morgan fingerprint density at radius 1 is 1.00 bits per heavy atom. The first-order valence-corrected chi connectivity index (χ1v) is 10.1. The molecule has 1 amide bonds. The highest BCUT2D eigenvalue weighted by atomic mass is 127. The number of para-hydroxylation sites is 1. The van der Waals surface area contributed by atoms with E-state index in [1.807, 2.05) is 31.2 Å². The Morgan fingerprint density at radius 3 is 2.50 bits per heavy atom. The van der Waals surface area contributed by atoms with Gasteiger partial charge >= 0.3 is 0 Å². The molecule has 0 spiro atoms. The fourth-order valence-electron chi connectivity index (χ4n) is 3.23.